The number of aromatic amines is 2. The Morgan fingerprint density at radius 3 is 1.49 bits per heavy atom. The summed E-state index contributed by atoms with van der Waals surface area (Å²) in [7, 11) is 0. The van der Waals surface area contributed by atoms with Crippen LogP contribution < -0.4 is 74.9 Å². The molecular weight excluding hydrogens is 1550 g/mol. The lowest BCUT2D eigenvalue weighted by molar-refractivity contribution is -0.144. The van der Waals surface area contributed by atoms with Crippen molar-refractivity contribution in [2.75, 3.05) is 50.9 Å². The number of hydrogen-bond donors (Lipinski definition) is 24. The largest absolute Gasteiger partial charge is 0.508 e. The van der Waals surface area contributed by atoms with Crippen LogP contribution in [-0.2, 0) is 101 Å². The van der Waals surface area contributed by atoms with E-state index in [1.807, 2.05) is 0 Å². The number of amides is 14. The number of rotatable bonds is 45. The molecule has 0 bridgehead atoms. The molecule has 624 valence electrons. The maximum Gasteiger partial charge on any atom is 0.326 e. The van der Waals surface area contributed by atoms with E-state index in [0.29, 0.717) is 44.9 Å². The van der Waals surface area contributed by atoms with Crippen LogP contribution in [-0.4, -0.2) is 270 Å². The second kappa shape index (κ2) is 44.5. The first-order valence-electron chi connectivity index (χ1n) is 36.4. The minimum absolute atomic E-state index is 0.0235. The number of nitrogens with zero attached hydrogens (tertiary/aromatic N) is 1. The number of hydrogen-bond acceptors (Lipinski definition) is 23. The normalized spacial score (nSPS) is 15.4. The molecule has 42 heteroatoms. The van der Waals surface area contributed by atoms with Gasteiger partial charge in [-0.2, -0.15) is 25.3 Å². The minimum atomic E-state index is -1.96. The molecule has 5 aromatic rings. The summed E-state index contributed by atoms with van der Waals surface area (Å²) in [5, 5.41) is 90.8. The zero-order valence-corrected chi connectivity index (χ0v) is 64.8. The maximum atomic E-state index is 14.6. The molecule has 3 heterocycles. The van der Waals surface area contributed by atoms with Crippen molar-refractivity contribution >= 4 is 148 Å². The number of nitrogens with one attached hydrogen (secondary N) is 15. The quantitative estimate of drug-likeness (QED) is 0.0162. The first-order valence-corrected chi connectivity index (χ1v) is 37.7. The molecule has 0 unspecified atom stereocenters. The number of H-pyrrole nitrogens is 2. The highest BCUT2D eigenvalue weighted by atomic mass is 32.1. The molecule has 0 spiro atoms. The fourth-order valence-electron chi connectivity index (χ4n) is 12.1. The molecule has 14 amide bonds. The van der Waals surface area contributed by atoms with Gasteiger partial charge in [0.1, 0.15) is 78.3 Å². The van der Waals surface area contributed by atoms with Gasteiger partial charge >= 0.3 is 17.9 Å². The number of phenolic OH excluding ortho intramolecular Hbond substituents is 1. The van der Waals surface area contributed by atoms with E-state index < -0.39 is 243 Å². The van der Waals surface area contributed by atoms with Crippen molar-refractivity contribution in [3.05, 3.63) is 102 Å². The van der Waals surface area contributed by atoms with E-state index in [9.17, 15) is 112 Å². The van der Waals surface area contributed by atoms with E-state index in [2.05, 4.69) is 104 Å². The van der Waals surface area contributed by atoms with E-state index >= 15 is 0 Å². The van der Waals surface area contributed by atoms with Crippen molar-refractivity contribution in [1.29, 1.82) is 0 Å². The van der Waals surface area contributed by atoms with Gasteiger partial charge < -0.3 is 120 Å². The Bertz CT molecular complexity index is 4350. The summed E-state index contributed by atoms with van der Waals surface area (Å²) in [4.78, 5) is 236. The standard InChI is InChI=1S/C73H97N17O23S2/c1-35(2)60(71(110)83-49(25-59(99)100)66(105)87-53(34-115)68(107)82-48(23-38-26-75-44-12-7-5-10-41(38)44)65(104)85-51(32-92)67(106)89-61(36(3)4)73(112)113)88-57(96)29-77-55(94)28-78-63(102)47(22-37-15-17-40(93)18-16-37)81-64(103)46(19-20-58(97)98)80-56(95)30-79-70(109)54-14-9-21-90(54)72(111)50(24-39-27-76-45-13-8-6-11-42(39)45)84-69(108)52(33-114)86-62(101)43(74)31-91/h5-8,10-13,15-18,26-27,35-36,43,46-54,60-61,75-76,91-93,114-115H,9,14,19-25,28-34,74H2,1-4H3,(H,77,94)(H,78,102)(H,79,109)(H,80,95)(H,81,103)(H,82,107)(H,83,110)(H,84,108)(H,85,104)(H,86,101)(H,87,105)(H,88,96)(H,89,106)(H,97,98)(H,99,100)(H,112,113)/t43-,46-,47-,48-,49-,50-,51-,52-,53-,54-,60-,61-/m0/s1. The lowest BCUT2D eigenvalue weighted by Gasteiger charge is -2.30. The third-order valence-electron chi connectivity index (χ3n) is 18.4. The Morgan fingerprint density at radius 2 is 0.948 bits per heavy atom. The van der Waals surface area contributed by atoms with Crippen molar-refractivity contribution in [3.63, 3.8) is 0 Å². The van der Waals surface area contributed by atoms with Crippen LogP contribution in [0, 0.1) is 11.8 Å². The molecule has 6 rings (SSSR count). The van der Waals surface area contributed by atoms with Gasteiger partial charge in [-0.15, -0.1) is 0 Å². The number of phenols is 1. The number of fused-ring (bicyclic) bond motifs is 2. The van der Waals surface area contributed by atoms with Crippen LogP contribution >= 0.6 is 25.3 Å². The average molecular weight is 1640 g/mol. The van der Waals surface area contributed by atoms with Gasteiger partial charge in [0.2, 0.25) is 82.7 Å². The molecule has 23 N–H and O–H groups in total. The second-order valence-electron chi connectivity index (χ2n) is 27.7. The van der Waals surface area contributed by atoms with Crippen LogP contribution in [0.5, 0.6) is 5.75 Å². The van der Waals surface area contributed by atoms with Gasteiger partial charge in [0, 0.05) is 77.9 Å². The molecule has 1 aliphatic heterocycles. The van der Waals surface area contributed by atoms with Crippen molar-refractivity contribution in [2.45, 2.75) is 152 Å². The van der Waals surface area contributed by atoms with E-state index in [4.69, 9.17) is 5.73 Å². The van der Waals surface area contributed by atoms with Gasteiger partial charge in [-0.1, -0.05) is 76.2 Å². The molecule has 3 aromatic carbocycles. The number of thiol groups is 2. The van der Waals surface area contributed by atoms with Crippen molar-refractivity contribution in [1.82, 2.24) is 84.0 Å². The predicted octanol–water partition coefficient (Wildman–Crippen LogP) is -5.52. The third-order valence-corrected chi connectivity index (χ3v) is 19.1. The number of aromatic nitrogens is 2. The van der Waals surface area contributed by atoms with Gasteiger partial charge in [-0.05, 0) is 72.1 Å². The first kappa shape index (κ1) is 92.0. The fourth-order valence-corrected chi connectivity index (χ4v) is 12.6. The number of aliphatic hydroxyl groups is 2. The van der Waals surface area contributed by atoms with Crippen LogP contribution in [0.3, 0.4) is 0 Å². The second-order valence-corrected chi connectivity index (χ2v) is 28.4. The number of carboxylic acid groups (broad SMARTS) is 3. The lowest BCUT2D eigenvalue weighted by atomic mass is 10.0. The molecule has 1 aliphatic rings. The first-order chi connectivity index (χ1) is 54.6. The summed E-state index contributed by atoms with van der Waals surface area (Å²) in [6.45, 7) is 1.64. The summed E-state index contributed by atoms with van der Waals surface area (Å²) in [5.41, 5.74) is 8.40. The predicted molar refractivity (Wildman–Crippen MR) is 415 cm³/mol. The van der Waals surface area contributed by atoms with Gasteiger partial charge in [0.05, 0.1) is 39.3 Å². The molecule has 2 aromatic heterocycles. The Hall–Kier alpha value is -11.9. The van der Waals surface area contributed by atoms with Crippen LogP contribution in [0.25, 0.3) is 21.8 Å². The molecule has 0 radical (unpaired) electrons. The molecule has 0 saturated carbocycles. The number of aromatic hydroxyl groups is 1. The number of carbonyl (C=O) groups excluding carboxylic acids is 14. The summed E-state index contributed by atoms with van der Waals surface area (Å²) in [6.07, 6.45) is 0.459. The van der Waals surface area contributed by atoms with Gasteiger partial charge in [-0.3, -0.25) is 76.7 Å². The highest BCUT2D eigenvalue weighted by Gasteiger charge is 2.41. The van der Waals surface area contributed by atoms with Crippen LogP contribution in [0.1, 0.15) is 76.5 Å². The number of carbonyl (C=O) groups is 17. The fraction of sp³-hybridized carbons (Fsp3) is 0.466. The SMILES string of the molecule is CC(C)[C@H](NC(=O)[C@H](CO)NC(=O)[C@H](Cc1c[nH]c2ccccc12)NC(=O)[C@H](CS)NC(=O)[C@H](CC(=O)O)NC(=O)[C@@H](NC(=O)CNC(=O)CNC(=O)[C@H](Cc1ccc(O)cc1)NC(=O)[C@H](CCC(=O)O)NC(=O)CNC(=O)[C@@H]1CCCN1C(=O)[C@H](Cc1c[nH]c2ccccc12)NC(=O)[C@H](CS)NC(=O)[C@@H](N)CO)C(C)C)C(=O)O. The molecular formula is C73H97N17O23S2. The van der Waals surface area contributed by atoms with Gasteiger partial charge in [0.25, 0.3) is 0 Å². The van der Waals surface area contributed by atoms with Crippen LogP contribution in [0.4, 0.5) is 0 Å². The summed E-state index contributed by atoms with van der Waals surface area (Å²) in [6, 6.07) is 0.811. The number of para-hydroxylation sites is 2. The third kappa shape index (κ3) is 27.7. The van der Waals surface area contributed by atoms with E-state index in [1.54, 1.807) is 60.9 Å². The number of benzene rings is 3. The van der Waals surface area contributed by atoms with E-state index in [-0.39, 0.29) is 43.7 Å². The zero-order chi connectivity index (χ0) is 84.9. The van der Waals surface area contributed by atoms with Crippen molar-refractivity contribution in [3.8, 4) is 5.75 Å². The molecule has 1 saturated heterocycles. The van der Waals surface area contributed by atoms with Gasteiger partial charge in [0.15, 0.2) is 0 Å². The number of nitrogens with two attached hydrogens (primary N) is 1. The average Bonchev–Trinajstić information content (AvgIpc) is 1.68. The molecule has 1 fully saturated rings. The molecule has 0 aliphatic carbocycles. The summed E-state index contributed by atoms with van der Waals surface area (Å²) >= 11 is 8.38. The summed E-state index contributed by atoms with van der Waals surface area (Å²) < 4.78 is 0. The smallest absolute Gasteiger partial charge is 0.326 e. The number of aliphatic hydroxyl groups excluding tert-OH is 2. The highest BCUT2D eigenvalue weighted by Crippen LogP contribution is 2.25. The minimum Gasteiger partial charge on any atom is -0.508 e. The van der Waals surface area contributed by atoms with Crippen molar-refractivity contribution < 1.29 is 112 Å². The monoisotopic (exact) mass is 1640 g/mol. The topological polar surface area (TPSA) is 629 Å². The van der Waals surface area contributed by atoms with Gasteiger partial charge in [-0.25, -0.2) is 4.79 Å². The van der Waals surface area contributed by atoms with E-state index in [0.717, 1.165) is 0 Å². The Balaban J connectivity index is 1.06. The number of carboxylic acids is 3. The lowest BCUT2D eigenvalue weighted by Crippen LogP contribution is -2.61. The maximum absolute atomic E-state index is 14.6. The molecule has 12 atom stereocenters. The number of aliphatic carboxylic acids is 3. The van der Waals surface area contributed by atoms with Crippen molar-refractivity contribution in [2.24, 2.45) is 17.6 Å². The van der Waals surface area contributed by atoms with Crippen LogP contribution in [0.2, 0.25) is 0 Å². The summed E-state index contributed by atoms with van der Waals surface area (Å²) in [5.74, 6) is -20.9. The Labute approximate surface area is 668 Å². The Morgan fingerprint density at radius 1 is 0.478 bits per heavy atom. The highest BCUT2D eigenvalue weighted by molar-refractivity contribution is 7.80. The molecule has 40 nitrogen and oxygen atoms in total. The Kier molecular flexibility index (Phi) is 35.6. The molecule has 115 heavy (non-hydrogen) atoms. The van der Waals surface area contributed by atoms with Crippen LogP contribution in [0.15, 0.2) is 85.2 Å². The zero-order valence-electron chi connectivity index (χ0n) is 63.0. The number of likely N-dealkylation sites (tertiary alicyclic amines) is 1. The van der Waals surface area contributed by atoms with E-state index in [1.165, 1.54) is 56.9 Å².